The number of hydrogen-bond donors (Lipinski definition) is 4. The van der Waals surface area contributed by atoms with Crippen molar-refractivity contribution < 1.29 is 9.90 Å². The van der Waals surface area contributed by atoms with Gasteiger partial charge in [0.2, 0.25) is 5.91 Å². The Hall–Kier alpha value is -1.42. The number of nitrogens with one attached hydrogen (secondary N) is 3. The maximum absolute atomic E-state index is 12.0. The lowest BCUT2D eigenvalue weighted by atomic mass is 10.0. The number of aliphatic imine (C=N–C) groups is 1. The molecule has 0 saturated heterocycles. The molecule has 1 amide bonds. The molecule has 0 aliphatic carbocycles. The average molecular weight is 491 g/mol. The predicted octanol–water partition coefficient (Wildman–Crippen LogP) is 2.69. The zero-order chi connectivity index (χ0) is 19.2. The van der Waals surface area contributed by atoms with Crippen molar-refractivity contribution in [3.8, 4) is 0 Å². The fourth-order valence-corrected chi connectivity index (χ4v) is 2.59. The van der Waals surface area contributed by atoms with E-state index in [0.717, 1.165) is 31.5 Å². The van der Waals surface area contributed by atoms with Gasteiger partial charge in [0.25, 0.3) is 0 Å². The van der Waals surface area contributed by atoms with Gasteiger partial charge in [-0.05, 0) is 44.7 Å². The molecule has 7 nitrogen and oxygen atoms in total. The summed E-state index contributed by atoms with van der Waals surface area (Å²) in [4.78, 5) is 20.9. The second kappa shape index (κ2) is 15.6. The topological polar surface area (TPSA) is 98.6 Å². The average Bonchev–Trinajstić information content (AvgIpc) is 2.60. The summed E-state index contributed by atoms with van der Waals surface area (Å²) in [5.41, 5.74) is 0.868. The number of carbonyl (C=O) groups is 1. The number of amides is 1. The van der Waals surface area contributed by atoms with Gasteiger partial charge in [-0.2, -0.15) is 0 Å². The van der Waals surface area contributed by atoms with Gasteiger partial charge in [-0.15, -0.1) is 24.0 Å². The Morgan fingerprint density at radius 2 is 2.04 bits per heavy atom. The Morgan fingerprint density at radius 1 is 1.26 bits per heavy atom. The van der Waals surface area contributed by atoms with Crippen molar-refractivity contribution in [2.75, 3.05) is 31.6 Å². The second-order valence-corrected chi connectivity index (χ2v) is 6.28. The molecule has 0 bridgehead atoms. The fourth-order valence-electron chi connectivity index (χ4n) is 2.59. The highest BCUT2D eigenvalue weighted by Crippen LogP contribution is 2.11. The summed E-state index contributed by atoms with van der Waals surface area (Å²) in [6.07, 6.45) is 3.23. The molecule has 8 heteroatoms. The Balaban J connectivity index is 0.00000676. The van der Waals surface area contributed by atoms with E-state index in [-0.39, 0.29) is 36.5 Å². The summed E-state index contributed by atoms with van der Waals surface area (Å²) in [6.45, 7) is 8.13. The molecule has 27 heavy (non-hydrogen) atoms. The number of aryl methyl sites for hydroxylation is 1. The molecule has 1 aromatic rings. The van der Waals surface area contributed by atoms with Gasteiger partial charge >= 0.3 is 0 Å². The summed E-state index contributed by atoms with van der Waals surface area (Å²) in [5, 5.41) is 18.3. The van der Waals surface area contributed by atoms with E-state index < -0.39 is 0 Å². The van der Waals surface area contributed by atoms with Crippen molar-refractivity contribution in [3.05, 3.63) is 23.9 Å². The fraction of sp³-hybridized carbons (Fsp3) is 0.632. The second-order valence-electron chi connectivity index (χ2n) is 6.28. The Labute approximate surface area is 179 Å². The number of aliphatic hydroxyl groups excluding tert-OH is 1. The van der Waals surface area contributed by atoms with E-state index in [1.54, 1.807) is 6.07 Å². The zero-order valence-corrected chi connectivity index (χ0v) is 19.0. The Kier molecular flexibility index (Phi) is 14.8. The first-order valence-electron chi connectivity index (χ1n) is 9.45. The van der Waals surface area contributed by atoms with Crippen LogP contribution in [0.15, 0.2) is 23.2 Å². The summed E-state index contributed by atoms with van der Waals surface area (Å²) in [5.74, 6) is 1.57. The van der Waals surface area contributed by atoms with Gasteiger partial charge in [0.1, 0.15) is 5.82 Å². The molecule has 154 valence electrons. The molecular weight excluding hydrogens is 457 g/mol. The minimum absolute atomic E-state index is 0. The van der Waals surface area contributed by atoms with Gasteiger partial charge in [0, 0.05) is 38.4 Å². The minimum Gasteiger partial charge on any atom is -0.396 e. The number of nitrogens with zero attached hydrogens (tertiary/aromatic N) is 2. The number of aromatic nitrogens is 1. The Morgan fingerprint density at radius 3 is 2.67 bits per heavy atom. The summed E-state index contributed by atoms with van der Waals surface area (Å²) in [6, 6.07) is 5.53. The number of carbonyl (C=O) groups excluding carboxylic acids is 1. The van der Waals surface area contributed by atoms with E-state index in [1.807, 2.05) is 26.0 Å². The first kappa shape index (κ1) is 25.6. The van der Waals surface area contributed by atoms with Gasteiger partial charge in [0.15, 0.2) is 5.96 Å². The molecule has 1 aromatic heterocycles. The van der Waals surface area contributed by atoms with E-state index in [0.29, 0.717) is 37.2 Å². The number of hydrogen-bond acceptors (Lipinski definition) is 4. The first-order chi connectivity index (χ1) is 12.6. The van der Waals surface area contributed by atoms with E-state index in [9.17, 15) is 4.79 Å². The van der Waals surface area contributed by atoms with Crippen molar-refractivity contribution in [3.63, 3.8) is 0 Å². The van der Waals surface area contributed by atoms with Crippen LogP contribution in [0.5, 0.6) is 0 Å². The van der Waals surface area contributed by atoms with Crippen molar-refractivity contribution in [1.82, 2.24) is 15.6 Å². The maximum Gasteiger partial charge on any atom is 0.227 e. The van der Waals surface area contributed by atoms with Crippen LogP contribution in [0.4, 0.5) is 5.82 Å². The van der Waals surface area contributed by atoms with Crippen LogP contribution < -0.4 is 16.0 Å². The van der Waals surface area contributed by atoms with Gasteiger partial charge in [-0.1, -0.05) is 19.4 Å². The van der Waals surface area contributed by atoms with E-state index >= 15 is 0 Å². The largest absolute Gasteiger partial charge is 0.396 e. The molecule has 0 aliphatic rings. The molecule has 1 atom stereocenters. The highest BCUT2D eigenvalue weighted by molar-refractivity contribution is 14.0. The van der Waals surface area contributed by atoms with Crippen molar-refractivity contribution >= 4 is 41.7 Å². The molecular formula is C19H34IN5O2. The number of anilines is 1. The number of aliphatic hydroxyl groups is 1. The van der Waals surface area contributed by atoms with Crippen LogP contribution in [-0.2, 0) is 4.79 Å². The third-order valence-corrected chi connectivity index (χ3v) is 3.89. The molecule has 1 heterocycles. The quantitative estimate of drug-likeness (QED) is 0.217. The van der Waals surface area contributed by atoms with Crippen LogP contribution in [-0.4, -0.2) is 48.2 Å². The highest BCUT2D eigenvalue weighted by atomic mass is 127. The van der Waals surface area contributed by atoms with Crippen molar-refractivity contribution in [2.45, 2.75) is 46.5 Å². The van der Waals surface area contributed by atoms with Crippen LogP contribution in [0.25, 0.3) is 0 Å². The number of guanidine groups is 1. The summed E-state index contributed by atoms with van der Waals surface area (Å²) >= 11 is 0. The van der Waals surface area contributed by atoms with E-state index in [1.165, 1.54) is 0 Å². The number of halogens is 1. The van der Waals surface area contributed by atoms with E-state index in [2.05, 4.69) is 32.9 Å². The van der Waals surface area contributed by atoms with Crippen LogP contribution in [0.3, 0.4) is 0 Å². The first-order valence-corrected chi connectivity index (χ1v) is 9.45. The van der Waals surface area contributed by atoms with Crippen LogP contribution in [0.1, 0.15) is 45.2 Å². The molecule has 1 unspecified atom stereocenters. The van der Waals surface area contributed by atoms with Crippen LogP contribution in [0, 0.1) is 12.8 Å². The third-order valence-electron chi connectivity index (χ3n) is 3.89. The summed E-state index contributed by atoms with van der Waals surface area (Å²) in [7, 11) is 0. The van der Waals surface area contributed by atoms with Crippen molar-refractivity contribution in [1.29, 1.82) is 0 Å². The van der Waals surface area contributed by atoms with Gasteiger partial charge in [-0.3, -0.25) is 9.79 Å². The van der Waals surface area contributed by atoms with E-state index in [4.69, 9.17) is 5.11 Å². The maximum atomic E-state index is 12.0. The molecule has 0 aliphatic heterocycles. The minimum atomic E-state index is -0.0874. The van der Waals surface area contributed by atoms with Crippen LogP contribution in [0.2, 0.25) is 0 Å². The lowest BCUT2D eigenvalue weighted by molar-refractivity contribution is -0.116. The van der Waals surface area contributed by atoms with Crippen molar-refractivity contribution in [2.24, 2.45) is 10.9 Å². The molecule has 0 aromatic carbocycles. The van der Waals surface area contributed by atoms with Crippen LogP contribution >= 0.6 is 24.0 Å². The molecule has 4 N–H and O–H groups in total. The molecule has 0 spiro atoms. The number of pyridine rings is 1. The lowest BCUT2D eigenvalue weighted by Gasteiger charge is -2.15. The molecule has 1 rings (SSSR count). The highest BCUT2D eigenvalue weighted by Gasteiger charge is 2.08. The normalized spacial score (nSPS) is 12.1. The van der Waals surface area contributed by atoms with Gasteiger partial charge in [0.05, 0.1) is 0 Å². The van der Waals surface area contributed by atoms with Gasteiger partial charge < -0.3 is 21.1 Å². The SMILES string of the molecule is CCCC(CCO)CN=C(NCC)NCCC(=O)Nc1cccc(C)n1.I. The summed E-state index contributed by atoms with van der Waals surface area (Å²) < 4.78 is 0. The molecule has 0 fully saturated rings. The number of rotatable bonds is 11. The smallest absolute Gasteiger partial charge is 0.227 e. The standard InChI is InChI=1S/C19H33N5O2.HI/c1-4-7-16(11-13-25)14-22-19(20-5-2)21-12-10-18(26)24-17-9-6-8-15(3)23-17;/h6,8-9,16,25H,4-5,7,10-14H2,1-3H3,(H2,20,21,22)(H,23,24,26);1H. The van der Waals surface area contributed by atoms with Gasteiger partial charge in [-0.25, -0.2) is 4.98 Å². The zero-order valence-electron chi connectivity index (χ0n) is 16.6. The third kappa shape index (κ3) is 11.8. The Bertz CT molecular complexity index is 563. The lowest BCUT2D eigenvalue weighted by Crippen LogP contribution is -2.39. The molecule has 0 saturated carbocycles. The monoisotopic (exact) mass is 491 g/mol. The predicted molar refractivity (Wildman–Crippen MR) is 122 cm³/mol. The molecule has 0 radical (unpaired) electrons.